The molecule has 0 amide bonds. The molecule has 2 N–H and O–H groups in total. The molecule has 4 aromatic rings. The van der Waals surface area contributed by atoms with Crippen LogP contribution < -0.4 is 15.4 Å². The van der Waals surface area contributed by atoms with Crippen LogP contribution in [0.15, 0.2) is 30.7 Å². The Bertz CT molecular complexity index is 1410. The van der Waals surface area contributed by atoms with Gasteiger partial charge in [0.05, 0.1) is 30.7 Å². The number of rotatable bonds is 10. The monoisotopic (exact) mass is 505 g/mol. The van der Waals surface area contributed by atoms with Crippen LogP contribution in [0.5, 0.6) is 5.75 Å². The minimum absolute atomic E-state index is 0.196. The highest BCUT2D eigenvalue weighted by molar-refractivity contribution is 5.95. The Labute approximate surface area is 215 Å². The lowest BCUT2D eigenvalue weighted by atomic mass is 10.1. The Kier molecular flexibility index (Phi) is 7.66. The molecule has 0 saturated heterocycles. The molecule has 3 aromatic heterocycles. The Hall–Kier alpha value is -4.48. The van der Waals surface area contributed by atoms with Gasteiger partial charge in [-0.15, -0.1) is 0 Å². The van der Waals surface area contributed by atoms with Crippen LogP contribution in [0.3, 0.4) is 0 Å². The quantitative estimate of drug-likeness (QED) is 0.308. The number of nitrogens with one attached hydrogen (secondary N) is 2. The van der Waals surface area contributed by atoms with Crippen LogP contribution in [-0.2, 0) is 24.9 Å². The molecule has 0 spiro atoms. The Morgan fingerprint density at radius 2 is 1.95 bits per heavy atom. The number of carbonyl (C=O) groups excluding carboxylic acids is 1. The summed E-state index contributed by atoms with van der Waals surface area (Å²) in [7, 11) is 3.36. The minimum Gasteiger partial charge on any atom is -0.494 e. The van der Waals surface area contributed by atoms with Crippen LogP contribution in [0, 0.1) is 13.8 Å². The van der Waals surface area contributed by atoms with Crippen molar-refractivity contribution in [1.82, 2.24) is 34.5 Å². The van der Waals surface area contributed by atoms with Crippen LogP contribution in [0.4, 0.5) is 17.5 Å². The summed E-state index contributed by atoms with van der Waals surface area (Å²) in [4.78, 5) is 26.0. The molecule has 0 aliphatic carbocycles. The molecule has 0 bridgehead atoms. The highest BCUT2D eigenvalue weighted by atomic mass is 16.5. The third kappa shape index (κ3) is 5.37. The number of esters is 1. The van der Waals surface area contributed by atoms with Crippen molar-refractivity contribution in [3.05, 3.63) is 53.2 Å². The predicted octanol–water partition coefficient (Wildman–Crippen LogP) is 3.65. The van der Waals surface area contributed by atoms with E-state index in [0.717, 1.165) is 23.5 Å². The van der Waals surface area contributed by atoms with Crippen molar-refractivity contribution in [2.75, 3.05) is 24.4 Å². The Morgan fingerprint density at radius 3 is 2.59 bits per heavy atom. The fourth-order valence-corrected chi connectivity index (χ4v) is 4.01. The van der Waals surface area contributed by atoms with Gasteiger partial charge >= 0.3 is 5.97 Å². The van der Waals surface area contributed by atoms with E-state index < -0.39 is 5.97 Å². The first-order valence-electron chi connectivity index (χ1n) is 12.0. The van der Waals surface area contributed by atoms with Gasteiger partial charge in [-0.2, -0.15) is 15.2 Å². The van der Waals surface area contributed by atoms with Gasteiger partial charge in [0, 0.05) is 37.6 Å². The van der Waals surface area contributed by atoms with Gasteiger partial charge in [-0.1, -0.05) is 6.07 Å². The molecule has 12 heteroatoms. The molecular formula is C25H31N9O3. The van der Waals surface area contributed by atoms with E-state index in [9.17, 15) is 4.79 Å². The molecule has 37 heavy (non-hydrogen) atoms. The van der Waals surface area contributed by atoms with Crippen molar-refractivity contribution in [1.29, 1.82) is 0 Å². The zero-order valence-corrected chi connectivity index (χ0v) is 21.9. The number of anilines is 3. The van der Waals surface area contributed by atoms with E-state index in [0.29, 0.717) is 35.3 Å². The molecule has 0 saturated carbocycles. The number of ether oxygens (including phenoxy) is 2. The molecule has 0 aliphatic rings. The van der Waals surface area contributed by atoms with Gasteiger partial charge in [-0.25, -0.2) is 14.8 Å². The summed E-state index contributed by atoms with van der Waals surface area (Å²) in [6, 6.07) is 5.53. The molecule has 12 nitrogen and oxygen atoms in total. The molecule has 3 heterocycles. The van der Waals surface area contributed by atoms with Gasteiger partial charge in [0.25, 0.3) is 0 Å². The van der Waals surface area contributed by atoms with Gasteiger partial charge < -0.3 is 20.1 Å². The summed E-state index contributed by atoms with van der Waals surface area (Å²) in [6.45, 7) is 9.31. The van der Waals surface area contributed by atoms with Gasteiger partial charge in [0.1, 0.15) is 11.9 Å². The number of para-hydroxylation sites is 1. The molecule has 0 atom stereocenters. The normalized spacial score (nSPS) is 10.9. The van der Waals surface area contributed by atoms with Crippen molar-refractivity contribution >= 4 is 23.4 Å². The number of hydrogen-bond acceptors (Lipinski definition) is 10. The summed E-state index contributed by atoms with van der Waals surface area (Å²) < 4.78 is 14.5. The van der Waals surface area contributed by atoms with E-state index in [1.54, 1.807) is 32.1 Å². The summed E-state index contributed by atoms with van der Waals surface area (Å²) >= 11 is 0. The van der Waals surface area contributed by atoms with Gasteiger partial charge in [0.15, 0.2) is 17.4 Å². The maximum absolute atomic E-state index is 12.7. The second-order valence-corrected chi connectivity index (χ2v) is 8.25. The van der Waals surface area contributed by atoms with Gasteiger partial charge in [-0.05, 0) is 39.8 Å². The zero-order chi connectivity index (χ0) is 26.5. The highest BCUT2D eigenvalue weighted by Gasteiger charge is 2.20. The number of benzene rings is 1. The first-order chi connectivity index (χ1) is 17.9. The van der Waals surface area contributed by atoms with Crippen molar-refractivity contribution in [2.45, 2.75) is 40.8 Å². The highest BCUT2D eigenvalue weighted by Crippen LogP contribution is 2.36. The van der Waals surface area contributed by atoms with Crippen LogP contribution in [0.25, 0.3) is 11.4 Å². The molecule has 0 unspecified atom stereocenters. The first-order valence-corrected chi connectivity index (χ1v) is 12.0. The van der Waals surface area contributed by atoms with E-state index in [2.05, 4.69) is 42.7 Å². The van der Waals surface area contributed by atoms with Crippen LogP contribution in [0.1, 0.15) is 41.2 Å². The summed E-state index contributed by atoms with van der Waals surface area (Å²) in [6.07, 6.45) is 3.06. The van der Waals surface area contributed by atoms with Crippen molar-refractivity contribution in [3.8, 4) is 17.1 Å². The van der Waals surface area contributed by atoms with Crippen molar-refractivity contribution in [3.63, 3.8) is 0 Å². The number of nitrogens with zero attached hydrogens (tertiary/aromatic N) is 7. The van der Waals surface area contributed by atoms with E-state index >= 15 is 0 Å². The fourth-order valence-electron chi connectivity index (χ4n) is 4.01. The predicted molar refractivity (Wildman–Crippen MR) is 139 cm³/mol. The average molecular weight is 506 g/mol. The average Bonchev–Trinajstić information content (AvgIpc) is 3.44. The maximum Gasteiger partial charge on any atom is 0.343 e. The first kappa shape index (κ1) is 25.6. The number of hydrogen-bond donors (Lipinski definition) is 2. The molecule has 0 aliphatic heterocycles. The second-order valence-electron chi connectivity index (χ2n) is 8.25. The van der Waals surface area contributed by atoms with Crippen LogP contribution >= 0.6 is 0 Å². The third-order valence-corrected chi connectivity index (χ3v) is 5.85. The second kappa shape index (κ2) is 11.1. The molecule has 4 rings (SSSR count). The number of aryl methyl sites for hydroxylation is 3. The lowest BCUT2D eigenvalue weighted by molar-refractivity contribution is 0.0526. The van der Waals surface area contributed by atoms with Crippen molar-refractivity contribution < 1.29 is 14.3 Å². The number of methoxy groups -OCH3 is 1. The maximum atomic E-state index is 12.7. The topological polar surface area (TPSA) is 134 Å². The molecule has 0 fully saturated rings. The van der Waals surface area contributed by atoms with Crippen LogP contribution in [0.2, 0.25) is 0 Å². The van der Waals surface area contributed by atoms with E-state index in [-0.39, 0.29) is 18.0 Å². The Balaban J connectivity index is 1.68. The summed E-state index contributed by atoms with van der Waals surface area (Å²) in [5.41, 5.74) is 4.57. The van der Waals surface area contributed by atoms with E-state index in [4.69, 9.17) is 9.47 Å². The standard InChI is InChI=1S/C25H31N9O3/c1-7-34-16(4)18(15(3)31-34)12-26-25-27-13-19(24(35)37-8-2)23(30-25)29-20-11-9-10-17(21(20)36-6)22-28-14-33(5)32-22/h9-11,13-14H,7-8,12H2,1-6H3,(H2,26,27,29,30). The molecule has 0 radical (unpaired) electrons. The lowest BCUT2D eigenvalue weighted by Gasteiger charge is -2.16. The van der Waals surface area contributed by atoms with Gasteiger partial charge in [-0.3, -0.25) is 9.36 Å². The molecule has 1 aromatic carbocycles. The summed E-state index contributed by atoms with van der Waals surface area (Å²) in [5.74, 6) is 1.11. The lowest BCUT2D eigenvalue weighted by Crippen LogP contribution is -2.13. The zero-order valence-electron chi connectivity index (χ0n) is 21.9. The SMILES string of the molecule is CCOC(=O)c1cnc(NCc2c(C)nn(CC)c2C)nc1Nc1cccc(-c2ncn(C)n2)c1OC. The Morgan fingerprint density at radius 1 is 1.14 bits per heavy atom. The smallest absolute Gasteiger partial charge is 0.343 e. The van der Waals surface area contributed by atoms with Crippen molar-refractivity contribution in [2.24, 2.45) is 7.05 Å². The summed E-state index contributed by atoms with van der Waals surface area (Å²) in [5, 5.41) is 15.4. The number of carbonyl (C=O) groups is 1. The van der Waals surface area contributed by atoms with Crippen LogP contribution in [-0.4, -0.2) is 54.2 Å². The number of aromatic nitrogens is 7. The minimum atomic E-state index is -0.533. The van der Waals surface area contributed by atoms with E-state index in [1.165, 1.54) is 6.20 Å². The van der Waals surface area contributed by atoms with E-state index in [1.807, 2.05) is 36.7 Å². The molecule has 194 valence electrons. The fraction of sp³-hybridized carbons (Fsp3) is 0.360. The largest absolute Gasteiger partial charge is 0.494 e. The third-order valence-electron chi connectivity index (χ3n) is 5.85. The molecular weight excluding hydrogens is 474 g/mol. The van der Waals surface area contributed by atoms with Gasteiger partial charge in [0.2, 0.25) is 5.95 Å².